The van der Waals surface area contributed by atoms with Gasteiger partial charge in [-0.2, -0.15) is 0 Å². The number of hydrogen-bond acceptors (Lipinski definition) is 6. The molecule has 10 nitrogen and oxygen atoms in total. The molecule has 2 N–H and O–H groups in total. The van der Waals surface area contributed by atoms with Crippen molar-refractivity contribution in [2.75, 3.05) is 0 Å². The number of carbonyl (C=O) groups is 1. The number of aliphatic carboxylic acids is 1. The average Bonchev–Trinajstić information content (AvgIpc) is 2.87. The van der Waals surface area contributed by atoms with Gasteiger partial charge in [-0.05, 0) is 42.8 Å². The van der Waals surface area contributed by atoms with Gasteiger partial charge in [-0.25, -0.2) is 28.5 Å². The van der Waals surface area contributed by atoms with E-state index in [1.54, 1.807) is 24.3 Å². The third kappa shape index (κ3) is 6.26. The highest BCUT2D eigenvalue weighted by Gasteiger charge is 2.17. The zero-order valence-corrected chi connectivity index (χ0v) is 20.1. The van der Waals surface area contributed by atoms with Crippen molar-refractivity contribution in [3.8, 4) is 11.6 Å². The number of halogens is 1. The maximum absolute atomic E-state index is 13.3. The van der Waals surface area contributed by atoms with Crippen LogP contribution in [0.1, 0.15) is 18.1 Å². The molecule has 2 aromatic heterocycles. The summed E-state index contributed by atoms with van der Waals surface area (Å²) >= 11 is 0. The first-order valence-electron chi connectivity index (χ1n) is 11.4. The van der Waals surface area contributed by atoms with E-state index in [0.717, 1.165) is 21.9 Å². The number of nitrogens with one attached hydrogen (secondary N) is 1. The quantitative estimate of drug-likeness (QED) is 0.379. The SMILES string of the molecule is Cc1ccc(Cn2c(=O)n(C[C@H](C)C(=O)O)c(=O)[nH]/c2=N\c2ccc(Oc3ccc(F)cn3)cc2)cc1. The third-order valence-corrected chi connectivity index (χ3v) is 5.52. The van der Waals surface area contributed by atoms with E-state index in [4.69, 9.17) is 4.74 Å². The molecule has 0 saturated heterocycles. The Balaban J connectivity index is 1.73. The normalized spacial score (nSPS) is 12.4. The number of ether oxygens (including phenoxy) is 1. The first kappa shape index (κ1) is 25.3. The highest BCUT2D eigenvalue weighted by Crippen LogP contribution is 2.22. The molecule has 0 spiro atoms. The molecule has 0 aliphatic heterocycles. The maximum Gasteiger partial charge on any atom is 0.335 e. The standard InChI is InChI=1S/C26H24FN5O5/c1-16-3-5-18(6-4-16)15-31-24(30-25(35)32(26(31)36)14-17(2)23(33)34)29-20-8-10-21(11-9-20)37-22-12-7-19(27)13-28-22/h3-13,17H,14-15H2,1-2H3,(H,33,34)(H,29,30,35)/t17-/m0/s1. The summed E-state index contributed by atoms with van der Waals surface area (Å²) in [4.78, 5) is 48.2. The Hall–Kier alpha value is -4.80. The Morgan fingerprint density at radius 1 is 1.08 bits per heavy atom. The van der Waals surface area contributed by atoms with Crippen molar-refractivity contribution in [1.82, 2.24) is 19.1 Å². The molecule has 0 aliphatic rings. The van der Waals surface area contributed by atoms with Gasteiger partial charge in [-0.3, -0.25) is 14.3 Å². The van der Waals surface area contributed by atoms with Crippen LogP contribution in [0.25, 0.3) is 0 Å². The average molecular weight is 506 g/mol. The Bertz CT molecular complexity index is 1590. The van der Waals surface area contributed by atoms with Gasteiger partial charge >= 0.3 is 17.3 Å². The molecule has 1 atom stereocenters. The summed E-state index contributed by atoms with van der Waals surface area (Å²) in [6.07, 6.45) is 1.04. The number of hydrogen-bond donors (Lipinski definition) is 2. The molecule has 0 fully saturated rings. The van der Waals surface area contributed by atoms with Crippen LogP contribution in [0.2, 0.25) is 0 Å². The van der Waals surface area contributed by atoms with Crippen molar-refractivity contribution in [1.29, 1.82) is 0 Å². The van der Waals surface area contributed by atoms with Crippen molar-refractivity contribution in [2.24, 2.45) is 10.9 Å². The fraction of sp³-hybridized carbons (Fsp3) is 0.192. The summed E-state index contributed by atoms with van der Waals surface area (Å²) in [6.45, 7) is 3.17. The smallest absolute Gasteiger partial charge is 0.335 e. The molecule has 2 heterocycles. The molecule has 2 aromatic carbocycles. The first-order chi connectivity index (χ1) is 17.7. The second-order valence-corrected chi connectivity index (χ2v) is 8.48. The zero-order valence-electron chi connectivity index (χ0n) is 20.1. The van der Waals surface area contributed by atoms with Crippen LogP contribution in [-0.2, 0) is 17.9 Å². The molecule has 0 unspecified atom stereocenters. The first-order valence-corrected chi connectivity index (χ1v) is 11.4. The van der Waals surface area contributed by atoms with Gasteiger partial charge in [-0.15, -0.1) is 0 Å². The molecule has 37 heavy (non-hydrogen) atoms. The summed E-state index contributed by atoms with van der Waals surface area (Å²) in [5.41, 5.74) is 0.820. The Morgan fingerprint density at radius 2 is 1.78 bits per heavy atom. The van der Waals surface area contributed by atoms with E-state index in [9.17, 15) is 23.9 Å². The molecule has 0 saturated carbocycles. The third-order valence-electron chi connectivity index (χ3n) is 5.52. The maximum atomic E-state index is 13.3. The number of rotatable bonds is 8. The zero-order chi connectivity index (χ0) is 26.5. The van der Waals surface area contributed by atoms with Crippen LogP contribution in [0.4, 0.5) is 10.1 Å². The predicted octanol–water partition coefficient (Wildman–Crippen LogP) is 2.97. The number of aromatic nitrogens is 4. The highest BCUT2D eigenvalue weighted by molar-refractivity contribution is 5.69. The largest absolute Gasteiger partial charge is 0.481 e. The van der Waals surface area contributed by atoms with Crippen LogP contribution in [0.15, 0.2) is 81.4 Å². The minimum atomic E-state index is -1.12. The van der Waals surface area contributed by atoms with Crippen molar-refractivity contribution >= 4 is 11.7 Å². The highest BCUT2D eigenvalue weighted by atomic mass is 19.1. The minimum absolute atomic E-state index is 0.00340. The van der Waals surface area contributed by atoms with Gasteiger partial charge in [0, 0.05) is 12.6 Å². The lowest BCUT2D eigenvalue weighted by Crippen LogP contribution is -2.51. The molecular formula is C26H24FN5O5. The molecule has 11 heteroatoms. The van der Waals surface area contributed by atoms with Gasteiger partial charge < -0.3 is 9.84 Å². The minimum Gasteiger partial charge on any atom is -0.481 e. The van der Waals surface area contributed by atoms with Crippen LogP contribution >= 0.6 is 0 Å². The molecule has 4 aromatic rings. The number of aromatic amines is 1. The molecule has 0 aliphatic carbocycles. The van der Waals surface area contributed by atoms with Gasteiger partial charge in [0.25, 0.3) is 0 Å². The van der Waals surface area contributed by atoms with E-state index in [0.29, 0.717) is 11.4 Å². The second kappa shape index (κ2) is 10.9. The van der Waals surface area contributed by atoms with Gasteiger partial charge in [0.2, 0.25) is 11.5 Å². The molecule has 190 valence electrons. The van der Waals surface area contributed by atoms with Gasteiger partial charge in [0.05, 0.1) is 24.3 Å². The van der Waals surface area contributed by atoms with E-state index in [1.165, 1.54) is 23.6 Å². The van der Waals surface area contributed by atoms with Crippen molar-refractivity contribution in [3.63, 3.8) is 0 Å². The van der Waals surface area contributed by atoms with E-state index in [1.807, 2.05) is 31.2 Å². The van der Waals surface area contributed by atoms with Crippen LogP contribution < -0.4 is 21.7 Å². The van der Waals surface area contributed by atoms with E-state index < -0.39 is 29.1 Å². The van der Waals surface area contributed by atoms with Crippen molar-refractivity contribution in [2.45, 2.75) is 26.9 Å². The fourth-order valence-corrected chi connectivity index (χ4v) is 3.43. The lowest BCUT2D eigenvalue weighted by Gasteiger charge is -2.13. The lowest BCUT2D eigenvalue weighted by molar-refractivity contribution is -0.141. The van der Waals surface area contributed by atoms with Crippen molar-refractivity contribution < 1.29 is 19.0 Å². The summed E-state index contributed by atoms with van der Waals surface area (Å²) in [7, 11) is 0. The lowest BCUT2D eigenvalue weighted by atomic mass is 10.1. The summed E-state index contributed by atoms with van der Waals surface area (Å²) < 4.78 is 20.8. The molecule has 0 bridgehead atoms. The Labute approximate surface area is 210 Å². The number of pyridine rings is 1. The van der Waals surface area contributed by atoms with Crippen LogP contribution in [-0.4, -0.2) is 30.2 Å². The molecular weight excluding hydrogens is 481 g/mol. The van der Waals surface area contributed by atoms with E-state index in [2.05, 4.69) is 15.0 Å². The van der Waals surface area contributed by atoms with Gasteiger partial charge in [0.15, 0.2) is 0 Å². The predicted molar refractivity (Wildman–Crippen MR) is 132 cm³/mol. The number of H-pyrrole nitrogens is 1. The molecule has 0 amide bonds. The van der Waals surface area contributed by atoms with Gasteiger partial charge in [-0.1, -0.05) is 36.8 Å². The van der Waals surface area contributed by atoms with Crippen molar-refractivity contribution in [3.05, 3.63) is 110 Å². The number of carboxylic acid groups (broad SMARTS) is 1. The van der Waals surface area contributed by atoms with Crippen LogP contribution in [0, 0.1) is 18.7 Å². The summed E-state index contributed by atoms with van der Waals surface area (Å²) in [5, 5.41) is 9.25. The monoisotopic (exact) mass is 505 g/mol. The number of benzene rings is 2. The van der Waals surface area contributed by atoms with Gasteiger partial charge in [0.1, 0.15) is 11.6 Å². The summed E-state index contributed by atoms with van der Waals surface area (Å²) in [6, 6.07) is 16.6. The van der Waals surface area contributed by atoms with E-state index >= 15 is 0 Å². The van der Waals surface area contributed by atoms with Crippen LogP contribution in [0.3, 0.4) is 0 Å². The Kier molecular flexibility index (Phi) is 7.42. The Morgan fingerprint density at radius 3 is 2.41 bits per heavy atom. The number of carboxylic acids is 1. The summed E-state index contributed by atoms with van der Waals surface area (Å²) in [5.74, 6) is -1.91. The molecule has 0 radical (unpaired) electrons. The second-order valence-electron chi connectivity index (χ2n) is 8.48. The molecule has 4 rings (SSSR count). The topological polar surface area (TPSA) is 132 Å². The van der Waals surface area contributed by atoms with E-state index in [-0.39, 0.29) is 24.6 Å². The van der Waals surface area contributed by atoms with Crippen LogP contribution in [0.5, 0.6) is 11.6 Å². The fourth-order valence-electron chi connectivity index (χ4n) is 3.43. The number of aryl methyl sites for hydroxylation is 1. The number of nitrogens with zero attached hydrogens (tertiary/aromatic N) is 4.